The molecule has 3 N–H and O–H groups in total. The summed E-state index contributed by atoms with van der Waals surface area (Å²) in [5.41, 5.74) is 3.43. The number of hydrogen-bond acceptors (Lipinski definition) is 5. The maximum atomic E-state index is 14.5. The van der Waals surface area contributed by atoms with Crippen molar-refractivity contribution in [2.24, 2.45) is 0 Å². The fourth-order valence-electron chi connectivity index (χ4n) is 4.33. The minimum atomic E-state index is -0.806. The van der Waals surface area contributed by atoms with E-state index >= 15 is 0 Å². The van der Waals surface area contributed by atoms with Crippen molar-refractivity contribution in [3.05, 3.63) is 94.7 Å². The molecule has 178 valence electrons. The van der Waals surface area contributed by atoms with Gasteiger partial charge in [-0.2, -0.15) is 0 Å². The number of pyridine rings is 1. The lowest BCUT2D eigenvalue weighted by Crippen LogP contribution is -2.34. The molecule has 35 heavy (non-hydrogen) atoms. The number of ether oxygens (including phenoxy) is 1. The largest absolute Gasteiger partial charge is 0.497 e. The molecule has 2 atom stereocenters. The molecule has 0 fully saturated rings. The first-order valence-corrected chi connectivity index (χ1v) is 11.0. The summed E-state index contributed by atoms with van der Waals surface area (Å²) in [5, 5.41) is 15.9. The van der Waals surface area contributed by atoms with Gasteiger partial charge in [0.15, 0.2) is 0 Å². The number of fused-ring (bicyclic) bond motifs is 2. The van der Waals surface area contributed by atoms with Gasteiger partial charge in [-0.05, 0) is 60.0 Å². The maximum Gasteiger partial charge on any atom is 0.274 e. The Morgan fingerprint density at radius 2 is 1.97 bits per heavy atom. The Labute approximate surface area is 200 Å². The zero-order chi connectivity index (χ0) is 24.7. The fourth-order valence-corrected chi connectivity index (χ4v) is 4.33. The number of amides is 2. The van der Waals surface area contributed by atoms with E-state index in [0.29, 0.717) is 17.8 Å². The predicted molar refractivity (Wildman–Crippen MR) is 127 cm³/mol. The van der Waals surface area contributed by atoms with Crippen molar-refractivity contribution in [2.75, 3.05) is 12.4 Å². The van der Waals surface area contributed by atoms with Gasteiger partial charge in [-0.25, -0.2) is 9.37 Å². The summed E-state index contributed by atoms with van der Waals surface area (Å²) in [6.45, 7) is 1.89. The summed E-state index contributed by atoms with van der Waals surface area (Å²) >= 11 is 0. The molecule has 2 heterocycles. The van der Waals surface area contributed by atoms with Crippen LogP contribution < -0.4 is 15.4 Å². The van der Waals surface area contributed by atoms with E-state index in [1.165, 1.54) is 18.3 Å². The smallest absolute Gasteiger partial charge is 0.274 e. The van der Waals surface area contributed by atoms with Crippen molar-refractivity contribution >= 4 is 23.1 Å². The van der Waals surface area contributed by atoms with Crippen molar-refractivity contribution in [3.63, 3.8) is 0 Å². The molecule has 0 aliphatic heterocycles. The number of rotatable bonds is 5. The molecule has 0 saturated heterocycles. The summed E-state index contributed by atoms with van der Waals surface area (Å²) in [5.74, 6) is -1.14. The van der Waals surface area contributed by atoms with Crippen LogP contribution in [0.15, 0.2) is 60.9 Å². The number of anilines is 1. The molecule has 1 aliphatic carbocycles. The Morgan fingerprint density at radius 3 is 2.77 bits per heavy atom. The van der Waals surface area contributed by atoms with Crippen LogP contribution in [0.4, 0.5) is 10.1 Å². The average Bonchev–Trinajstić information content (AvgIpc) is 3.40. The Bertz CT molecular complexity index is 1470. The molecule has 1 aliphatic rings. The van der Waals surface area contributed by atoms with Crippen molar-refractivity contribution in [1.82, 2.24) is 14.7 Å². The third kappa shape index (κ3) is 4.22. The van der Waals surface area contributed by atoms with E-state index in [4.69, 9.17) is 4.74 Å². The summed E-state index contributed by atoms with van der Waals surface area (Å²) in [7, 11) is 1.54. The number of nitrogens with zero attached hydrogens (tertiary/aromatic N) is 2. The number of imidazole rings is 1. The molecule has 2 amide bonds. The van der Waals surface area contributed by atoms with Crippen LogP contribution in [0, 0.1) is 12.7 Å². The Morgan fingerprint density at radius 1 is 1.14 bits per heavy atom. The first-order chi connectivity index (χ1) is 16.8. The molecule has 5 rings (SSSR count). The first-order valence-electron chi connectivity index (χ1n) is 11.0. The normalized spacial score (nSPS) is 16.7. The third-order valence-corrected chi connectivity index (χ3v) is 6.15. The monoisotopic (exact) mass is 474 g/mol. The number of aliphatic hydroxyl groups is 1. The molecule has 0 saturated carbocycles. The van der Waals surface area contributed by atoms with Crippen molar-refractivity contribution in [1.29, 1.82) is 0 Å². The summed E-state index contributed by atoms with van der Waals surface area (Å²) in [6, 6.07) is 12.2. The van der Waals surface area contributed by atoms with E-state index in [1.807, 2.05) is 19.1 Å². The number of carbonyl (C=O) groups is 2. The minimum Gasteiger partial charge on any atom is -0.497 e. The zero-order valence-corrected chi connectivity index (χ0v) is 19.1. The van der Waals surface area contributed by atoms with Crippen molar-refractivity contribution in [3.8, 4) is 5.75 Å². The molecule has 8 nitrogen and oxygen atoms in total. The maximum absolute atomic E-state index is 14.5. The van der Waals surface area contributed by atoms with Gasteiger partial charge in [-0.15, -0.1) is 0 Å². The van der Waals surface area contributed by atoms with E-state index in [0.717, 1.165) is 22.8 Å². The highest BCUT2D eigenvalue weighted by molar-refractivity contribution is 6.04. The van der Waals surface area contributed by atoms with E-state index in [9.17, 15) is 19.1 Å². The van der Waals surface area contributed by atoms with Gasteiger partial charge in [0.2, 0.25) is 0 Å². The quantitative estimate of drug-likeness (QED) is 0.411. The second kappa shape index (κ2) is 8.84. The van der Waals surface area contributed by atoms with Crippen LogP contribution in [0.3, 0.4) is 0 Å². The summed E-state index contributed by atoms with van der Waals surface area (Å²) in [6.07, 6.45) is 2.76. The third-order valence-electron chi connectivity index (χ3n) is 6.15. The predicted octanol–water partition coefficient (Wildman–Crippen LogP) is 3.43. The van der Waals surface area contributed by atoms with Crippen molar-refractivity contribution in [2.45, 2.75) is 25.5 Å². The summed E-state index contributed by atoms with van der Waals surface area (Å²) in [4.78, 5) is 30.1. The van der Waals surface area contributed by atoms with Gasteiger partial charge in [0.1, 0.15) is 22.9 Å². The van der Waals surface area contributed by atoms with Gasteiger partial charge in [0.05, 0.1) is 31.1 Å². The number of halogens is 1. The molecule has 0 bridgehead atoms. The number of carbonyl (C=O) groups excluding carboxylic acids is 2. The number of aromatic nitrogens is 2. The Balaban J connectivity index is 1.37. The highest BCUT2D eigenvalue weighted by Crippen LogP contribution is 2.34. The molecule has 0 spiro atoms. The number of benzene rings is 2. The lowest BCUT2D eigenvalue weighted by Gasteiger charge is -2.19. The van der Waals surface area contributed by atoms with Crippen LogP contribution in [0.1, 0.15) is 43.6 Å². The van der Waals surface area contributed by atoms with Crippen LogP contribution in [-0.4, -0.2) is 39.5 Å². The molecule has 0 unspecified atom stereocenters. The lowest BCUT2D eigenvalue weighted by atomic mass is 10.1. The second-order valence-electron chi connectivity index (χ2n) is 8.51. The average molecular weight is 474 g/mol. The molecule has 2 aromatic carbocycles. The van der Waals surface area contributed by atoms with Gasteiger partial charge < -0.3 is 20.5 Å². The number of aryl methyl sites for hydroxylation is 1. The van der Waals surface area contributed by atoms with Crippen molar-refractivity contribution < 1.29 is 23.8 Å². The Hall–Kier alpha value is -4.24. The van der Waals surface area contributed by atoms with Gasteiger partial charge in [0.25, 0.3) is 11.8 Å². The molecular weight excluding hydrogens is 451 g/mol. The van der Waals surface area contributed by atoms with Crippen LogP contribution in [0.5, 0.6) is 5.75 Å². The van der Waals surface area contributed by atoms with Crippen LogP contribution in [0.2, 0.25) is 0 Å². The van der Waals surface area contributed by atoms with Crippen LogP contribution in [-0.2, 0) is 6.42 Å². The SMILES string of the molecule is COc1ccc2c(c1)[C@H](NC(=O)c1ccc(F)c(NC(=O)c3cnc4ccc(C)cn34)c1)[C@H](O)C2. The van der Waals surface area contributed by atoms with E-state index < -0.39 is 29.8 Å². The summed E-state index contributed by atoms with van der Waals surface area (Å²) < 4.78 is 21.4. The van der Waals surface area contributed by atoms with E-state index in [2.05, 4.69) is 15.6 Å². The van der Waals surface area contributed by atoms with Crippen LogP contribution >= 0.6 is 0 Å². The van der Waals surface area contributed by atoms with E-state index in [1.54, 1.807) is 35.9 Å². The number of aliphatic hydroxyl groups excluding tert-OH is 1. The molecule has 2 aromatic heterocycles. The highest BCUT2D eigenvalue weighted by atomic mass is 19.1. The first kappa shape index (κ1) is 22.5. The topological polar surface area (TPSA) is 105 Å². The number of methoxy groups -OCH3 is 1. The highest BCUT2D eigenvalue weighted by Gasteiger charge is 2.33. The fraction of sp³-hybridized carbons (Fsp3) is 0.192. The number of nitrogens with one attached hydrogen (secondary N) is 2. The van der Waals surface area contributed by atoms with Gasteiger partial charge in [-0.3, -0.25) is 14.0 Å². The lowest BCUT2D eigenvalue weighted by molar-refractivity contribution is 0.0857. The zero-order valence-electron chi connectivity index (χ0n) is 19.1. The van der Waals surface area contributed by atoms with Gasteiger partial charge in [0, 0.05) is 18.2 Å². The van der Waals surface area contributed by atoms with Gasteiger partial charge >= 0.3 is 0 Å². The van der Waals surface area contributed by atoms with E-state index in [-0.39, 0.29) is 16.9 Å². The molecule has 0 radical (unpaired) electrons. The minimum absolute atomic E-state index is 0.138. The standard InChI is InChI=1S/C26H23FN4O4/c1-14-3-8-23-28-12-21(31(23)13-14)26(34)29-20-9-16(5-7-19(20)27)25(33)30-24-18-11-17(35-2)6-4-15(18)10-22(24)32/h3-9,11-13,22,24,32H,10H2,1-2H3,(H,29,34)(H,30,33)/t22-,24+/m1/s1. The van der Waals surface area contributed by atoms with Crippen LogP contribution in [0.25, 0.3) is 5.65 Å². The number of hydrogen-bond donors (Lipinski definition) is 3. The molecular formula is C26H23FN4O4. The molecule has 9 heteroatoms. The molecule has 4 aromatic rings. The Kier molecular flexibility index (Phi) is 5.70. The van der Waals surface area contributed by atoms with Gasteiger partial charge in [-0.1, -0.05) is 12.1 Å². The second-order valence-corrected chi connectivity index (χ2v) is 8.51.